The van der Waals surface area contributed by atoms with E-state index < -0.39 is 50.2 Å². The fourth-order valence-electron chi connectivity index (χ4n) is 2.68. The minimum absolute atomic E-state index is 0.0356. The molecule has 0 aromatic carbocycles. The number of nitrogens with zero attached hydrogens (tertiary/aromatic N) is 1. The molecule has 28 heavy (non-hydrogen) atoms. The second-order valence-electron chi connectivity index (χ2n) is 5.86. The number of furan rings is 1. The van der Waals surface area contributed by atoms with E-state index in [4.69, 9.17) is 18.9 Å². The van der Waals surface area contributed by atoms with Crippen LogP contribution >= 0.6 is 7.82 Å². The van der Waals surface area contributed by atoms with Gasteiger partial charge >= 0.3 is 13.5 Å². The van der Waals surface area contributed by atoms with Crippen LogP contribution in [0.3, 0.4) is 0 Å². The lowest BCUT2D eigenvalue weighted by molar-refractivity contribution is -0.0542. The van der Waals surface area contributed by atoms with Crippen molar-refractivity contribution in [1.29, 1.82) is 0 Å². The van der Waals surface area contributed by atoms with E-state index >= 15 is 0 Å². The van der Waals surface area contributed by atoms with Crippen LogP contribution in [0.15, 0.2) is 32.3 Å². The predicted octanol–water partition coefficient (Wildman–Crippen LogP) is -1.66. The summed E-state index contributed by atoms with van der Waals surface area (Å²) >= 11 is 0. The van der Waals surface area contributed by atoms with Crippen molar-refractivity contribution in [3.8, 4) is 11.3 Å². The first-order valence-corrected chi connectivity index (χ1v) is 9.26. The molecule has 0 aliphatic carbocycles. The third kappa shape index (κ3) is 4.05. The molecule has 0 amide bonds. The van der Waals surface area contributed by atoms with Gasteiger partial charge in [0.25, 0.3) is 5.56 Å². The monoisotopic (exact) mass is 418 g/mol. The number of aliphatic hydroxyl groups excluding tert-OH is 2. The lowest BCUT2D eigenvalue weighted by atomic mass is 10.1. The van der Waals surface area contributed by atoms with Gasteiger partial charge in [-0.2, -0.15) is 0 Å². The van der Waals surface area contributed by atoms with Crippen molar-refractivity contribution >= 4 is 14.1 Å². The number of nitrogens with one attached hydrogen (secondary N) is 1. The SMILES string of the molecule is O=Cc1ccc(-c2cn([C@@H]3O[C@H](COP(=O)(O)O)[C@@H](O)[C@H]3O)c(=O)[nH]c2=O)o1. The highest BCUT2D eigenvalue weighted by atomic mass is 31.2. The Balaban J connectivity index is 1.93. The maximum absolute atomic E-state index is 12.1. The molecule has 1 saturated heterocycles. The number of aliphatic hydroxyl groups is 2. The van der Waals surface area contributed by atoms with Gasteiger partial charge in [-0.05, 0) is 12.1 Å². The van der Waals surface area contributed by atoms with E-state index in [-0.39, 0.29) is 17.1 Å². The van der Waals surface area contributed by atoms with Gasteiger partial charge in [0, 0.05) is 6.20 Å². The molecule has 0 unspecified atom stereocenters. The second kappa shape index (κ2) is 7.56. The van der Waals surface area contributed by atoms with Crippen molar-refractivity contribution in [2.24, 2.45) is 0 Å². The normalized spacial score (nSPS) is 25.1. The fourth-order valence-corrected chi connectivity index (χ4v) is 3.02. The number of aromatic amines is 1. The van der Waals surface area contributed by atoms with Gasteiger partial charge in [0.05, 0.1) is 12.2 Å². The van der Waals surface area contributed by atoms with Crippen molar-refractivity contribution in [2.75, 3.05) is 6.61 Å². The average Bonchev–Trinajstić information content (AvgIpc) is 3.19. The number of H-pyrrole nitrogens is 1. The largest absolute Gasteiger partial charge is 0.469 e. The maximum Gasteiger partial charge on any atom is 0.469 e. The van der Waals surface area contributed by atoms with Crippen LogP contribution in [0.25, 0.3) is 11.3 Å². The number of carbonyl (C=O) groups excluding carboxylic acids is 1. The Bertz CT molecular complexity index is 1030. The summed E-state index contributed by atoms with van der Waals surface area (Å²) in [6.07, 6.45) is -4.75. The lowest BCUT2D eigenvalue weighted by Crippen LogP contribution is -2.38. The van der Waals surface area contributed by atoms with Crippen molar-refractivity contribution in [1.82, 2.24) is 9.55 Å². The molecule has 2 aromatic rings. The van der Waals surface area contributed by atoms with Gasteiger partial charge < -0.3 is 29.2 Å². The summed E-state index contributed by atoms with van der Waals surface area (Å²) < 4.78 is 26.2. The highest BCUT2D eigenvalue weighted by Gasteiger charge is 2.45. The average molecular weight is 418 g/mol. The second-order valence-corrected chi connectivity index (χ2v) is 7.10. The van der Waals surface area contributed by atoms with Gasteiger partial charge in [-0.15, -0.1) is 0 Å². The van der Waals surface area contributed by atoms with E-state index in [9.17, 15) is 29.2 Å². The number of carbonyl (C=O) groups is 1. The van der Waals surface area contributed by atoms with Crippen LogP contribution in [-0.4, -0.2) is 60.8 Å². The summed E-state index contributed by atoms with van der Waals surface area (Å²) in [6.45, 7) is -0.759. The first-order chi connectivity index (χ1) is 13.1. The van der Waals surface area contributed by atoms with Crippen LogP contribution in [0, 0.1) is 0 Å². The molecule has 14 heteroatoms. The smallest absolute Gasteiger partial charge is 0.453 e. The first-order valence-electron chi connectivity index (χ1n) is 7.73. The molecular formula is C14H15N2O11P. The molecule has 1 aliphatic rings. The third-order valence-electron chi connectivity index (χ3n) is 3.99. The minimum atomic E-state index is -4.85. The molecule has 3 rings (SSSR count). The molecule has 0 saturated carbocycles. The number of hydrogen-bond donors (Lipinski definition) is 5. The standard InChI is InChI=1S/C14H15N2O11P/c17-4-6-1-2-8(26-6)7-3-16(14(21)15-12(7)20)13-11(19)10(18)9(27-13)5-25-28(22,23)24/h1-4,9-11,13,18-19H,5H2,(H,15,20,21)(H2,22,23,24)/t9-,10-,11-,13-/m1/s1. The summed E-state index contributed by atoms with van der Waals surface area (Å²) in [4.78, 5) is 54.4. The zero-order chi connectivity index (χ0) is 20.6. The molecule has 0 radical (unpaired) electrons. The van der Waals surface area contributed by atoms with Crippen LogP contribution in [0.1, 0.15) is 16.8 Å². The van der Waals surface area contributed by atoms with Gasteiger partial charge in [0.1, 0.15) is 24.1 Å². The van der Waals surface area contributed by atoms with Gasteiger partial charge in [0.15, 0.2) is 18.3 Å². The van der Waals surface area contributed by atoms with E-state index in [1.54, 1.807) is 0 Å². The molecule has 2 aromatic heterocycles. The third-order valence-corrected chi connectivity index (χ3v) is 4.48. The summed E-state index contributed by atoms with van der Waals surface area (Å²) in [5.41, 5.74) is -1.97. The van der Waals surface area contributed by atoms with E-state index in [0.717, 1.165) is 10.8 Å². The van der Waals surface area contributed by atoms with Crippen molar-refractivity contribution in [2.45, 2.75) is 24.5 Å². The van der Waals surface area contributed by atoms with Gasteiger partial charge in [-0.25, -0.2) is 9.36 Å². The number of aldehydes is 1. The Kier molecular flexibility index (Phi) is 5.50. The van der Waals surface area contributed by atoms with Crippen LogP contribution in [0.5, 0.6) is 0 Å². The van der Waals surface area contributed by atoms with E-state index in [1.807, 2.05) is 4.98 Å². The Morgan fingerprint density at radius 1 is 1.25 bits per heavy atom. The summed E-state index contributed by atoms with van der Waals surface area (Å²) in [5.74, 6) is -0.0964. The Morgan fingerprint density at radius 2 is 1.96 bits per heavy atom. The van der Waals surface area contributed by atoms with Gasteiger partial charge in [-0.1, -0.05) is 0 Å². The van der Waals surface area contributed by atoms with E-state index in [1.165, 1.54) is 12.1 Å². The molecule has 1 aliphatic heterocycles. The van der Waals surface area contributed by atoms with Gasteiger partial charge in [-0.3, -0.25) is 23.7 Å². The zero-order valence-electron chi connectivity index (χ0n) is 13.9. The highest BCUT2D eigenvalue weighted by molar-refractivity contribution is 7.46. The summed E-state index contributed by atoms with van der Waals surface area (Å²) in [7, 11) is -4.85. The van der Waals surface area contributed by atoms with Crippen LogP contribution in [-0.2, 0) is 13.8 Å². The summed E-state index contributed by atoms with van der Waals surface area (Å²) in [6, 6.07) is 2.62. The highest BCUT2D eigenvalue weighted by Crippen LogP contribution is 2.38. The molecule has 0 bridgehead atoms. The Morgan fingerprint density at radius 3 is 2.57 bits per heavy atom. The summed E-state index contributed by atoms with van der Waals surface area (Å²) in [5, 5.41) is 20.2. The predicted molar refractivity (Wildman–Crippen MR) is 88.3 cm³/mol. The Hall–Kier alpha value is -2.38. The lowest BCUT2D eigenvalue weighted by Gasteiger charge is -2.17. The maximum atomic E-state index is 12.1. The quantitative estimate of drug-likeness (QED) is 0.265. The van der Waals surface area contributed by atoms with Gasteiger partial charge in [0.2, 0.25) is 0 Å². The Labute approximate surface area is 155 Å². The number of phosphoric acid groups is 1. The zero-order valence-corrected chi connectivity index (χ0v) is 14.8. The van der Waals surface area contributed by atoms with Crippen molar-refractivity contribution in [3.63, 3.8) is 0 Å². The van der Waals surface area contributed by atoms with E-state index in [2.05, 4.69) is 4.52 Å². The van der Waals surface area contributed by atoms with Crippen LogP contribution < -0.4 is 11.2 Å². The van der Waals surface area contributed by atoms with Crippen LogP contribution in [0.2, 0.25) is 0 Å². The number of rotatable bonds is 6. The molecule has 4 atom stereocenters. The van der Waals surface area contributed by atoms with Crippen LogP contribution in [0.4, 0.5) is 0 Å². The molecular weight excluding hydrogens is 403 g/mol. The fraction of sp³-hybridized carbons (Fsp3) is 0.357. The molecule has 3 heterocycles. The molecule has 1 fully saturated rings. The minimum Gasteiger partial charge on any atom is -0.453 e. The topological polar surface area (TPSA) is 202 Å². The first kappa shape index (κ1) is 20.4. The van der Waals surface area contributed by atoms with Crippen molar-refractivity contribution < 1.29 is 43.0 Å². The number of phosphoric ester groups is 1. The number of aromatic nitrogens is 2. The molecule has 5 N–H and O–H groups in total. The van der Waals surface area contributed by atoms with E-state index in [0.29, 0.717) is 6.29 Å². The van der Waals surface area contributed by atoms with Crippen molar-refractivity contribution in [3.05, 3.63) is 44.9 Å². The molecule has 152 valence electrons. The molecule has 13 nitrogen and oxygen atoms in total. The molecule has 0 spiro atoms. The number of hydrogen-bond acceptors (Lipinski definition) is 9. The number of ether oxygens (including phenoxy) is 1.